The van der Waals surface area contributed by atoms with Crippen molar-refractivity contribution in [2.75, 3.05) is 0 Å². The molecule has 2 aromatic heterocycles. The van der Waals surface area contributed by atoms with Gasteiger partial charge in [0, 0.05) is 22.4 Å². The van der Waals surface area contributed by atoms with Gasteiger partial charge in [0.2, 0.25) is 0 Å². The SMILES string of the molecule is O=C(NC(c1ccccc1)c1ccc(Br)cc1F)c1cnc2ccccn2c1=O. The maximum atomic E-state index is 14.7. The maximum absolute atomic E-state index is 14.7. The molecule has 2 aromatic carbocycles. The van der Waals surface area contributed by atoms with E-state index in [-0.39, 0.29) is 5.56 Å². The Morgan fingerprint density at radius 3 is 2.59 bits per heavy atom. The van der Waals surface area contributed by atoms with Crippen LogP contribution in [0.4, 0.5) is 4.39 Å². The summed E-state index contributed by atoms with van der Waals surface area (Å²) < 4.78 is 16.6. The van der Waals surface area contributed by atoms with Gasteiger partial charge in [0.15, 0.2) is 0 Å². The molecule has 0 radical (unpaired) electrons. The predicted molar refractivity (Wildman–Crippen MR) is 111 cm³/mol. The first-order valence-corrected chi connectivity index (χ1v) is 9.61. The maximum Gasteiger partial charge on any atom is 0.270 e. The Hall–Kier alpha value is -3.32. The van der Waals surface area contributed by atoms with Gasteiger partial charge in [0.1, 0.15) is 17.0 Å². The average Bonchev–Trinajstić information content (AvgIpc) is 2.73. The van der Waals surface area contributed by atoms with Crippen LogP contribution >= 0.6 is 15.9 Å². The predicted octanol–water partition coefficient (Wildman–Crippen LogP) is 4.12. The molecule has 0 saturated heterocycles. The Balaban J connectivity index is 1.76. The minimum atomic E-state index is -0.771. The van der Waals surface area contributed by atoms with E-state index in [1.807, 2.05) is 6.07 Å². The van der Waals surface area contributed by atoms with E-state index in [9.17, 15) is 14.0 Å². The van der Waals surface area contributed by atoms with Crippen LogP contribution < -0.4 is 10.9 Å². The highest BCUT2D eigenvalue weighted by Crippen LogP contribution is 2.27. The fraction of sp³-hybridized carbons (Fsp3) is 0.0455. The van der Waals surface area contributed by atoms with Crippen molar-refractivity contribution < 1.29 is 9.18 Å². The molecule has 1 atom stereocenters. The number of aromatic nitrogens is 2. The summed E-state index contributed by atoms with van der Waals surface area (Å²) in [4.78, 5) is 29.8. The van der Waals surface area contributed by atoms with E-state index < -0.39 is 23.3 Å². The van der Waals surface area contributed by atoms with Crippen LogP contribution in [0.15, 0.2) is 88.4 Å². The second-order valence-corrected chi connectivity index (χ2v) is 7.30. The van der Waals surface area contributed by atoms with Crippen LogP contribution in [0.5, 0.6) is 0 Å². The number of fused-ring (bicyclic) bond motifs is 1. The van der Waals surface area contributed by atoms with Crippen molar-refractivity contribution in [1.29, 1.82) is 0 Å². The van der Waals surface area contributed by atoms with Crippen molar-refractivity contribution in [2.24, 2.45) is 0 Å². The van der Waals surface area contributed by atoms with E-state index >= 15 is 0 Å². The van der Waals surface area contributed by atoms with E-state index in [0.29, 0.717) is 21.2 Å². The highest BCUT2D eigenvalue weighted by atomic mass is 79.9. The Morgan fingerprint density at radius 2 is 1.83 bits per heavy atom. The van der Waals surface area contributed by atoms with Crippen molar-refractivity contribution in [3.8, 4) is 0 Å². The average molecular weight is 452 g/mol. The van der Waals surface area contributed by atoms with Gasteiger partial charge in [0.25, 0.3) is 11.5 Å². The van der Waals surface area contributed by atoms with Crippen LogP contribution in [-0.2, 0) is 0 Å². The Labute approximate surface area is 174 Å². The summed E-state index contributed by atoms with van der Waals surface area (Å²) in [6.45, 7) is 0. The lowest BCUT2D eigenvalue weighted by atomic mass is 9.98. The number of hydrogen-bond acceptors (Lipinski definition) is 3. The monoisotopic (exact) mass is 451 g/mol. The lowest BCUT2D eigenvalue weighted by molar-refractivity contribution is 0.0940. The second-order valence-electron chi connectivity index (χ2n) is 6.39. The third-order valence-corrected chi connectivity index (χ3v) is 5.03. The number of carbonyl (C=O) groups is 1. The summed E-state index contributed by atoms with van der Waals surface area (Å²) in [7, 11) is 0. The van der Waals surface area contributed by atoms with Gasteiger partial charge in [-0.15, -0.1) is 0 Å². The van der Waals surface area contributed by atoms with Gasteiger partial charge in [-0.1, -0.05) is 58.4 Å². The number of carbonyl (C=O) groups excluding carboxylic acids is 1. The molecule has 2 heterocycles. The molecule has 0 saturated carbocycles. The van der Waals surface area contributed by atoms with Gasteiger partial charge < -0.3 is 5.32 Å². The van der Waals surface area contributed by atoms with E-state index in [2.05, 4.69) is 26.2 Å². The Bertz CT molecular complexity index is 1260. The highest BCUT2D eigenvalue weighted by molar-refractivity contribution is 9.10. The van der Waals surface area contributed by atoms with E-state index in [1.165, 1.54) is 16.7 Å². The quantitative estimate of drug-likeness (QED) is 0.507. The molecule has 1 N–H and O–H groups in total. The van der Waals surface area contributed by atoms with Crippen LogP contribution in [-0.4, -0.2) is 15.3 Å². The summed E-state index contributed by atoms with van der Waals surface area (Å²) in [5.41, 5.74) is 0.813. The summed E-state index contributed by atoms with van der Waals surface area (Å²) in [5.74, 6) is -1.10. The fourth-order valence-electron chi connectivity index (χ4n) is 3.11. The van der Waals surface area contributed by atoms with E-state index in [4.69, 9.17) is 0 Å². The first-order chi connectivity index (χ1) is 14.0. The van der Waals surface area contributed by atoms with Gasteiger partial charge in [-0.25, -0.2) is 9.37 Å². The van der Waals surface area contributed by atoms with Crippen molar-refractivity contribution >= 4 is 27.5 Å². The van der Waals surface area contributed by atoms with Crippen LogP contribution in [0.1, 0.15) is 27.5 Å². The zero-order valence-corrected chi connectivity index (χ0v) is 16.6. The first-order valence-electron chi connectivity index (χ1n) is 8.82. The summed E-state index contributed by atoms with van der Waals surface area (Å²) in [6, 6.07) is 18.0. The van der Waals surface area contributed by atoms with E-state index in [1.54, 1.807) is 60.8 Å². The molecule has 1 amide bonds. The lowest BCUT2D eigenvalue weighted by Gasteiger charge is -2.20. The molecule has 0 bridgehead atoms. The van der Waals surface area contributed by atoms with Gasteiger partial charge in [-0.2, -0.15) is 0 Å². The standard InChI is InChI=1S/C22H15BrFN3O2/c23-15-9-10-16(18(24)12-15)20(14-6-2-1-3-7-14)26-21(28)17-13-25-19-8-4-5-11-27(19)22(17)29/h1-13,20H,(H,26,28). The summed E-state index contributed by atoms with van der Waals surface area (Å²) in [5, 5.41) is 2.78. The van der Waals surface area contributed by atoms with Crippen molar-refractivity contribution in [1.82, 2.24) is 14.7 Å². The number of hydrogen-bond donors (Lipinski definition) is 1. The second kappa shape index (κ2) is 7.97. The van der Waals surface area contributed by atoms with Gasteiger partial charge >= 0.3 is 0 Å². The molecular formula is C22H15BrFN3O2. The molecule has 1 unspecified atom stereocenters. The lowest BCUT2D eigenvalue weighted by Crippen LogP contribution is -2.35. The largest absolute Gasteiger partial charge is 0.341 e. The zero-order chi connectivity index (χ0) is 20.4. The van der Waals surface area contributed by atoms with Crippen LogP contribution in [0.25, 0.3) is 5.65 Å². The summed E-state index contributed by atoms with van der Waals surface area (Å²) in [6.07, 6.45) is 2.79. The molecule has 0 aliphatic carbocycles. The zero-order valence-electron chi connectivity index (χ0n) is 15.0. The third-order valence-electron chi connectivity index (χ3n) is 4.54. The number of nitrogens with one attached hydrogen (secondary N) is 1. The molecular weight excluding hydrogens is 437 g/mol. The Kier molecular flexibility index (Phi) is 5.22. The molecule has 7 heteroatoms. The number of pyridine rings is 1. The van der Waals surface area contributed by atoms with Gasteiger partial charge in [-0.05, 0) is 29.8 Å². The smallest absolute Gasteiger partial charge is 0.270 e. The molecule has 29 heavy (non-hydrogen) atoms. The molecule has 0 fully saturated rings. The number of nitrogens with zero attached hydrogens (tertiary/aromatic N) is 2. The van der Waals surface area contributed by atoms with Crippen LogP contribution in [0.3, 0.4) is 0 Å². The molecule has 4 rings (SSSR count). The van der Waals surface area contributed by atoms with Crippen molar-refractivity contribution in [3.05, 3.63) is 116 Å². The molecule has 5 nitrogen and oxygen atoms in total. The first kappa shape index (κ1) is 19.0. The van der Waals surface area contributed by atoms with Crippen LogP contribution in [0.2, 0.25) is 0 Å². The molecule has 4 aromatic rings. The molecule has 0 aliphatic rings. The molecule has 144 valence electrons. The molecule has 0 aliphatic heterocycles. The fourth-order valence-corrected chi connectivity index (χ4v) is 3.45. The number of amides is 1. The number of rotatable bonds is 4. The van der Waals surface area contributed by atoms with Gasteiger partial charge in [-0.3, -0.25) is 14.0 Å². The topological polar surface area (TPSA) is 63.5 Å². The van der Waals surface area contributed by atoms with Gasteiger partial charge in [0.05, 0.1) is 6.04 Å². The number of halogens is 2. The molecule has 0 spiro atoms. The number of benzene rings is 2. The third kappa shape index (κ3) is 3.82. The van der Waals surface area contributed by atoms with Crippen molar-refractivity contribution in [2.45, 2.75) is 6.04 Å². The minimum absolute atomic E-state index is 0.118. The normalized spacial score (nSPS) is 11.9. The minimum Gasteiger partial charge on any atom is -0.341 e. The van der Waals surface area contributed by atoms with E-state index in [0.717, 1.165) is 0 Å². The Morgan fingerprint density at radius 1 is 1.07 bits per heavy atom. The van der Waals surface area contributed by atoms with Crippen LogP contribution in [0, 0.1) is 5.82 Å². The highest BCUT2D eigenvalue weighted by Gasteiger charge is 2.23. The van der Waals surface area contributed by atoms with Crippen molar-refractivity contribution in [3.63, 3.8) is 0 Å². The summed E-state index contributed by atoms with van der Waals surface area (Å²) >= 11 is 3.24.